The van der Waals surface area contributed by atoms with E-state index in [1.54, 1.807) is 12.1 Å². The van der Waals surface area contributed by atoms with Crippen molar-refractivity contribution in [2.24, 2.45) is 11.8 Å². The highest BCUT2D eigenvalue weighted by atomic mass is 19.1. The van der Waals surface area contributed by atoms with E-state index >= 15 is 0 Å². The Balaban J connectivity index is 1.57. The first kappa shape index (κ1) is 20.0. The molecule has 2 fully saturated rings. The fraction of sp³-hybridized carbons (Fsp3) is 0.458. The van der Waals surface area contributed by atoms with E-state index in [0.717, 1.165) is 30.6 Å². The number of hydrogen-bond acceptors (Lipinski definition) is 2. The van der Waals surface area contributed by atoms with Crippen LogP contribution in [0.25, 0.3) is 0 Å². The van der Waals surface area contributed by atoms with Crippen LogP contribution < -0.4 is 0 Å². The van der Waals surface area contributed by atoms with E-state index in [0.29, 0.717) is 19.0 Å². The number of rotatable bonds is 4. The summed E-state index contributed by atoms with van der Waals surface area (Å²) in [5.74, 6) is 0.200. The Bertz CT molecular complexity index is 867. The summed E-state index contributed by atoms with van der Waals surface area (Å²) in [5.41, 5.74) is 2.06. The Morgan fingerprint density at radius 2 is 1.83 bits per heavy atom. The molecular formula is C24H28F2N2O. The number of piperidine rings is 1. The fourth-order valence-corrected chi connectivity index (χ4v) is 4.99. The Morgan fingerprint density at radius 3 is 2.52 bits per heavy atom. The standard InChI is InChI=1S/C24H28F2N2O/c1-16(2)24(29)28-15-21(18-6-8-19(25)9-7-18)22-14-27(11-10-23(22)28)13-17-4-3-5-20(26)12-17/h3-9,12,16,21-23H,10-11,13-15H2,1-2H3/t21-,22-,23-/m1/s1. The smallest absolute Gasteiger partial charge is 0.225 e. The minimum absolute atomic E-state index is 0.0343. The van der Waals surface area contributed by atoms with Gasteiger partial charge in [0.2, 0.25) is 5.91 Å². The number of nitrogens with zero attached hydrogens (tertiary/aromatic N) is 2. The first-order valence-electron chi connectivity index (χ1n) is 10.4. The number of amides is 1. The average molecular weight is 398 g/mol. The summed E-state index contributed by atoms with van der Waals surface area (Å²) in [4.78, 5) is 17.3. The van der Waals surface area contributed by atoms with Crippen LogP contribution in [0.15, 0.2) is 48.5 Å². The molecule has 3 nitrogen and oxygen atoms in total. The van der Waals surface area contributed by atoms with E-state index in [4.69, 9.17) is 0 Å². The molecule has 4 rings (SSSR count). The molecule has 5 heteroatoms. The van der Waals surface area contributed by atoms with Crippen LogP contribution in [0, 0.1) is 23.5 Å². The van der Waals surface area contributed by atoms with Crippen LogP contribution >= 0.6 is 0 Å². The van der Waals surface area contributed by atoms with Gasteiger partial charge in [-0.25, -0.2) is 8.78 Å². The summed E-state index contributed by atoms with van der Waals surface area (Å²) >= 11 is 0. The van der Waals surface area contributed by atoms with E-state index in [1.165, 1.54) is 18.2 Å². The minimum atomic E-state index is -0.241. The summed E-state index contributed by atoms with van der Waals surface area (Å²) in [6, 6.07) is 13.7. The van der Waals surface area contributed by atoms with Gasteiger partial charge in [0.05, 0.1) is 0 Å². The number of carbonyl (C=O) groups is 1. The van der Waals surface area contributed by atoms with Gasteiger partial charge in [0.1, 0.15) is 11.6 Å². The second-order valence-corrected chi connectivity index (χ2v) is 8.69. The maximum atomic E-state index is 13.6. The van der Waals surface area contributed by atoms with Crippen molar-refractivity contribution in [1.29, 1.82) is 0 Å². The molecule has 1 amide bonds. The van der Waals surface area contributed by atoms with Gasteiger partial charge in [0.15, 0.2) is 0 Å². The number of carbonyl (C=O) groups excluding carboxylic acids is 1. The zero-order valence-corrected chi connectivity index (χ0v) is 17.0. The summed E-state index contributed by atoms with van der Waals surface area (Å²) in [6.45, 7) is 7.02. The molecule has 2 aliphatic heterocycles. The first-order chi connectivity index (χ1) is 13.9. The van der Waals surface area contributed by atoms with Crippen LogP contribution in [0.2, 0.25) is 0 Å². The third-order valence-electron chi connectivity index (χ3n) is 6.39. The highest BCUT2D eigenvalue weighted by Gasteiger charge is 2.47. The van der Waals surface area contributed by atoms with Gasteiger partial charge in [-0.15, -0.1) is 0 Å². The fourth-order valence-electron chi connectivity index (χ4n) is 4.99. The lowest BCUT2D eigenvalue weighted by atomic mass is 9.81. The van der Waals surface area contributed by atoms with Crippen molar-refractivity contribution in [2.45, 2.75) is 38.8 Å². The summed E-state index contributed by atoms with van der Waals surface area (Å²) < 4.78 is 27.0. The molecule has 29 heavy (non-hydrogen) atoms. The number of halogens is 2. The molecule has 154 valence electrons. The molecule has 2 aliphatic rings. The molecule has 2 saturated heterocycles. The third kappa shape index (κ3) is 4.20. The molecule has 0 bridgehead atoms. The van der Waals surface area contributed by atoms with Crippen LogP contribution in [0.3, 0.4) is 0 Å². The lowest BCUT2D eigenvalue weighted by Gasteiger charge is -2.39. The van der Waals surface area contributed by atoms with E-state index in [9.17, 15) is 13.6 Å². The molecular weight excluding hydrogens is 370 g/mol. The molecule has 0 unspecified atom stereocenters. The molecule has 2 heterocycles. The molecule has 0 aliphatic carbocycles. The number of benzene rings is 2. The van der Waals surface area contributed by atoms with Gasteiger partial charge in [-0.1, -0.05) is 38.1 Å². The summed E-state index contributed by atoms with van der Waals surface area (Å²) in [7, 11) is 0. The van der Waals surface area contributed by atoms with Crippen molar-refractivity contribution in [1.82, 2.24) is 9.80 Å². The van der Waals surface area contributed by atoms with Crippen LogP contribution in [0.1, 0.15) is 37.3 Å². The molecule has 0 saturated carbocycles. The van der Waals surface area contributed by atoms with Gasteiger partial charge in [-0.3, -0.25) is 9.69 Å². The van der Waals surface area contributed by atoms with Crippen molar-refractivity contribution in [3.8, 4) is 0 Å². The Hall–Kier alpha value is -2.27. The lowest BCUT2D eigenvalue weighted by molar-refractivity contribution is -0.136. The van der Waals surface area contributed by atoms with Gasteiger partial charge in [0.25, 0.3) is 0 Å². The highest BCUT2D eigenvalue weighted by Crippen LogP contribution is 2.42. The topological polar surface area (TPSA) is 23.6 Å². The predicted octanol–water partition coefficient (Wildman–Crippen LogP) is 4.44. The van der Waals surface area contributed by atoms with Gasteiger partial charge in [-0.2, -0.15) is 0 Å². The summed E-state index contributed by atoms with van der Waals surface area (Å²) in [5, 5.41) is 0. The van der Waals surface area contributed by atoms with Crippen LogP contribution in [0.4, 0.5) is 8.78 Å². The van der Waals surface area contributed by atoms with Crippen LogP contribution in [0.5, 0.6) is 0 Å². The molecule has 2 aromatic rings. The van der Waals surface area contributed by atoms with Gasteiger partial charge >= 0.3 is 0 Å². The third-order valence-corrected chi connectivity index (χ3v) is 6.39. The number of likely N-dealkylation sites (tertiary alicyclic amines) is 2. The maximum absolute atomic E-state index is 13.6. The van der Waals surface area contributed by atoms with Gasteiger partial charge in [0, 0.05) is 50.0 Å². The second kappa shape index (κ2) is 8.23. The SMILES string of the molecule is CC(C)C(=O)N1C[C@H](c2ccc(F)cc2)[C@H]2CN(Cc3cccc(F)c3)CC[C@H]21. The van der Waals surface area contributed by atoms with Crippen molar-refractivity contribution in [3.05, 3.63) is 71.3 Å². The zero-order chi connectivity index (χ0) is 20.5. The van der Waals surface area contributed by atoms with Gasteiger partial charge in [-0.05, 0) is 41.8 Å². The van der Waals surface area contributed by atoms with Crippen molar-refractivity contribution < 1.29 is 13.6 Å². The minimum Gasteiger partial charge on any atom is -0.338 e. The quantitative estimate of drug-likeness (QED) is 0.760. The van der Waals surface area contributed by atoms with E-state index in [2.05, 4.69) is 9.80 Å². The average Bonchev–Trinajstić information content (AvgIpc) is 3.06. The van der Waals surface area contributed by atoms with Crippen molar-refractivity contribution in [3.63, 3.8) is 0 Å². The molecule has 0 aromatic heterocycles. The molecule has 3 atom stereocenters. The lowest BCUT2D eigenvalue weighted by Crippen LogP contribution is -2.48. The van der Waals surface area contributed by atoms with Crippen LogP contribution in [-0.2, 0) is 11.3 Å². The highest BCUT2D eigenvalue weighted by molar-refractivity contribution is 5.79. The molecule has 2 aromatic carbocycles. The Morgan fingerprint density at radius 1 is 1.07 bits per heavy atom. The Kier molecular flexibility index (Phi) is 5.68. The summed E-state index contributed by atoms with van der Waals surface area (Å²) in [6.07, 6.45) is 0.913. The molecule has 0 spiro atoms. The van der Waals surface area contributed by atoms with Crippen molar-refractivity contribution in [2.75, 3.05) is 19.6 Å². The zero-order valence-electron chi connectivity index (χ0n) is 17.0. The molecule has 0 N–H and O–H groups in total. The maximum Gasteiger partial charge on any atom is 0.225 e. The van der Waals surface area contributed by atoms with Gasteiger partial charge < -0.3 is 4.90 Å². The second-order valence-electron chi connectivity index (χ2n) is 8.69. The predicted molar refractivity (Wildman–Crippen MR) is 109 cm³/mol. The Labute approximate surface area is 171 Å². The largest absolute Gasteiger partial charge is 0.338 e. The monoisotopic (exact) mass is 398 g/mol. The normalized spacial score (nSPS) is 24.7. The van der Waals surface area contributed by atoms with Crippen LogP contribution in [-0.4, -0.2) is 41.4 Å². The number of hydrogen-bond donors (Lipinski definition) is 0. The van der Waals surface area contributed by atoms with E-state index in [1.807, 2.05) is 32.0 Å². The molecule has 0 radical (unpaired) electrons. The number of fused-ring (bicyclic) bond motifs is 1. The first-order valence-corrected chi connectivity index (χ1v) is 10.4. The van der Waals surface area contributed by atoms with E-state index < -0.39 is 0 Å². The van der Waals surface area contributed by atoms with E-state index in [-0.39, 0.29) is 35.4 Å². The van der Waals surface area contributed by atoms with Crippen molar-refractivity contribution >= 4 is 5.91 Å².